The smallest absolute Gasteiger partial charge is 0.258 e. The number of rotatable bonds is 9. The van der Waals surface area contributed by atoms with Gasteiger partial charge < -0.3 is 14.8 Å². The van der Waals surface area contributed by atoms with E-state index in [0.29, 0.717) is 16.9 Å². The molecule has 2 aromatic carbocycles. The minimum absolute atomic E-state index is 0.0213. The normalized spacial score (nSPS) is 14.9. The van der Waals surface area contributed by atoms with Gasteiger partial charge in [0, 0.05) is 6.20 Å². The topological polar surface area (TPSA) is 60.5 Å². The van der Waals surface area contributed by atoms with Crippen molar-refractivity contribution in [3.8, 4) is 11.5 Å². The first kappa shape index (κ1) is 23.5. The van der Waals surface area contributed by atoms with Crippen molar-refractivity contribution >= 4 is 29.4 Å². The van der Waals surface area contributed by atoms with E-state index in [0.717, 1.165) is 17.0 Å². The van der Waals surface area contributed by atoms with Crippen molar-refractivity contribution in [3.05, 3.63) is 89.7 Å². The molecule has 0 radical (unpaired) electrons. The molecule has 1 aliphatic rings. The van der Waals surface area contributed by atoms with Gasteiger partial charge in [-0.25, -0.2) is 0 Å². The van der Waals surface area contributed by atoms with Gasteiger partial charge in [0.25, 0.3) is 5.91 Å². The molecule has 1 N–H and O–H groups in total. The molecule has 0 bridgehead atoms. The first-order valence-electron chi connectivity index (χ1n) is 11.1. The molecule has 1 fully saturated rings. The summed E-state index contributed by atoms with van der Waals surface area (Å²) in [7, 11) is 0. The van der Waals surface area contributed by atoms with Crippen LogP contribution >= 0.6 is 23.5 Å². The van der Waals surface area contributed by atoms with Crippen LogP contribution in [-0.2, 0) is 11.4 Å². The van der Waals surface area contributed by atoms with Crippen molar-refractivity contribution in [1.29, 1.82) is 0 Å². The van der Waals surface area contributed by atoms with Crippen LogP contribution in [0.2, 0.25) is 0 Å². The Labute approximate surface area is 203 Å². The Balaban J connectivity index is 1.24. The molecule has 0 saturated carbocycles. The second kappa shape index (κ2) is 12.0. The average Bonchev–Trinajstić information content (AvgIpc) is 2.88. The number of nitrogens with one attached hydrogen (secondary N) is 1. The number of carbonyl (C=O) groups excluding carboxylic acids is 1. The van der Waals surface area contributed by atoms with Crippen LogP contribution in [0.1, 0.15) is 40.8 Å². The number of nitrogens with zero attached hydrogens (tertiary/aromatic N) is 1. The van der Waals surface area contributed by atoms with E-state index in [-0.39, 0.29) is 18.6 Å². The molecular weight excluding hydrogens is 452 g/mol. The molecule has 172 valence electrons. The summed E-state index contributed by atoms with van der Waals surface area (Å²) in [4.78, 5) is 16.7. The highest BCUT2D eigenvalue weighted by molar-refractivity contribution is 8.16. The highest BCUT2D eigenvalue weighted by atomic mass is 32.2. The van der Waals surface area contributed by atoms with Crippen LogP contribution in [0.15, 0.2) is 72.9 Å². The zero-order valence-electron chi connectivity index (χ0n) is 18.6. The Morgan fingerprint density at radius 3 is 2.61 bits per heavy atom. The maximum atomic E-state index is 12.4. The standard InChI is InChI=1S/C26H28N2O3S2/c1-19(21-6-4-8-24(16-21)30-17-22-7-2-3-13-27-22)28-25(29)18-31-23-11-9-20(10-12-23)26-32-14-5-15-33-26/h2-4,6-13,16,19,26H,5,14-15,17-18H2,1H3,(H,28,29). The average molecular weight is 481 g/mol. The number of pyridine rings is 1. The molecule has 0 spiro atoms. The highest BCUT2D eigenvalue weighted by Crippen LogP contribution is 2.43. The number of aromatic nitrogens is 1. The molecule has 4 rings (SSSR count). The Morgan fingerprint density at radius 1 is 1.03 bits per heavy atom. The van der Waals surface area contributed by atoms with E-state index in [2.05, 4.69) is 22.4 Å². The Bertz CT molecular complexity index is 1030. The molecule has 33 heavy (non-hydrogen) atoms. The summed E-state index contributed by atoms with van der Waals surface area (Å²) in [6, 6.07) is 21.4. The lowest BCUT2D eigenvalue weighted by molar-refractivity contribution is -0.123. The summed E-state index contributed by atoms with van der Waals surface area (Å²) >= 11 is 3.99. The SMILES string of the molecule is CC(NC(=O)COc1ccc(C2SCCCS2)cc1)c1cccc(OCc2ccccn2)c1. The van der Waals surface area contributed by atoms with Gasteiger partial charge >= 0.3 is 0 Å². The molecule has 1 aromatic heterocycles. The maximum absolute atomic E-state index is 12.4. The van der Waals surface area contributed by atoms with E-state index in [9.17, 15) is 4.79 Å². The highest BCUT2D eigenvalue weighted by Gasteiger charge is 2.16. The largest absolute Gasteiger partial charge is 0.487 e. The molecule has 1 unspecified atom stereocenters. The Kier molecular flexibility index (Phi) is 8.55. The second-order valence-electron chi connectivity index (χ2n) is 7.76. The Morgan fingerprint density at radius 2 is 1.85 bits per heavy atom. The van der Waals surface area contributed by atoms with E-state index in [1.54, 1.807) is 6.20 Å². The van der Waals surface area contributed by atoms with E-state index in [1.807, 2.05) is 85.0 Å². The van der Waals surface area contributed by atoms with Gasteiger partial charge in [0.2, 0.25) is 0 Å². The van der Waals surface area contributed by atoms with Crippen LogP contribution in [-0.4, -0.2) is 29.0 Å². The van der Waals surface area contributed by atoms with Gasteiger partial charge in [-0.3, -0.25) is 9.78 Å². The van der Waals surface area contributed by atoms with Gasteiger partial charge in [-0.2, -0.15) is 0 Å². The lowest BCUT2D eigenvalue weighted by Crippen LogP contribution is -2.31. The predicted octanol–water partition coefficient (Wildman–Crippen LogP) is 5.79. The number of hydrogen-bond acceptors (Lipinski definition) is 6. The fraction of sp³-hybridized carbons (Fsp3) is 0.308. The first-order valence-corrected chi connectivity index (χ1v) is 13.1. The van der Waals surface area contributed by atoms with Crippen molar-refractivity contribution in [2.75, 3.05) is 18.1 Å². The van der Waals surface area contributed by atoms with Crippen molar-refractivity contribution in [2.45, 2.75) is 30.6 Å². The third-order valence-corrected chi connectivity index (χ3v) is 8.21. The minimum atomic E-state index is -0.165. The molecule has 7 heteroatoms. The minimum Gasteiger partial charge on any atom is -0.487 e. The zero-order valence-corrected chi connectivity index (χ0v) is 20.2. The summed E-state index contributed by atoms with van der Waals surface area (Å²) in [6.45, 7) is 2.33. The molecule has 1 saturated heterocycles. The number of hydrogen-bond donors (Lipinski definition) is 1. The lowest BCUT2D eigenvalue weighted by atomic mass is 10.1. The van der Waals surface area contributed by atoms with Crippen LogP contribution in [0.25, 0.3) is 0 Å². The quantitative estimate of drug-likeness (QED) is 0.419. The predicted molar refractivity (Wildman–Crippen MR) is 136 cm³/mol. The molecule has 1 aliphatic heterocycles. The van der Waals surface area contributed by atoms with Gasteiger partial charge in [-0.1, -0.05) is 30.3 Å². The lowest BCUT2D eigenvalue weighted by Gasteiger charge is -2.21. The van der Waals surface area contributed by atoms with Gasteiger partial charge in [0.05, 0.1) is 16.3 Å². The third kappa shape index (κ3) is 7.17. The van der Waals surface area contributed by atoms with E-state index in [4.69, 9.17) is 9.47 Å². The molecule has 5 nitrogen and oxygen atoms in total. The monoisotopic (exact) mass is 480 g/mol. The van der Waals surface area contributed by atoms with Crippen LogP contribution in [0.5, 0.6) is 11.5 Å². The molecular formula is C26H28N2O3S2. The summed E-state index contributed by atoms with van der Waals surface area (Å²) in [5.74, 6) is 3.72. The summed E-state index contributed by atoms with van der Waals surface area (Å²) in [5.41, 5.74) is 3.14. The number of carbonyl (C=O) groups is 1. The number of thioether (sulfide) groups is 2. The van der Waals surface area contributed by atoms with E-state index < -0.39 is 0 Å². The summed E-state index contributed by atoms with van der Waals surface area (Å²) < 4.78 is 12.0. The van der Waals surface area contributed by atoms with Gasteiger partial charge in [0.15, 0.2) is 6.61 Å². The first-order chi connectivity index (χ1) is 16.2. The molecule has 2 heterocycles. The number of benzene rings is 2. The fourth-order valence-electron chi connectivity index (χ4n) is 3.43. The van der Waals surface area contributed by atoms with Crippen LogP contribution in [0.4, 0.5) is 0 Å². The maximum Gasteiger partial charge on any atom is 0.258 e. The molecule has 0 aliphatic carbocycles. The van der Waals surface area contributed by atoms with E-state index >= 15 is 0 Å². The zero-order chi connectivity index (χ0) is 22.9. The van der Waals surface area contributed by atoms with Crippen LogP contribution in [0.3, 0.4) is 0 Å². The van der Waals surface area contributed by atoms with Crippen molar-refractivity contribution < 1.29 is 14.3 Å². The van der Waals surface area contributed by atoms with Crippen LogP contribution in [0, 0.1) is 0 Å². The fourth-order valence-corrected chi connectivity index (χ4v) is 6.33. The van der Waals surface area contributed by atoms with Crippen molar-refractivity contribution in [3.63, 3.8) is 0 Å². The summed E-state index contributed by atoms with van der Waals surface area (Å²) in [6.07, 6.45) is 3.03. The van der Waals surface area contributed by atoms with Gasteiger partial charge in [0.1, 0.15) is 18.1 Å². The number of amides is 1. The second-order valence-corrected chi connectivity index (χ2v) is 10.5. The third-order valence-electron chi connectivity index (χ3n) is 5.20. The number of ether oxygens (including phenoxy) is 2. The van der Waals surface area contributed by atoms with Gasteiger partial charge in [-0.15, -0.1) is 23.5 Å². The van der Waals surface area contributed by atoms with Gasteiger partial charge in [-0.05, 0) is 72.4 Å². The van der Waals surface area contributed by atoms with E-state index in [1.165, 1.54) is 23.5 Å². The Hall–Kier alpha value is -2.64. The summed E-state index contributed by atoms with van der Waals surface area (Å²) in [5, 5.41) is 2.99. The molecule has 1 amide bonds. The molecule has 3 aromatic rings. The van der Waals surface area contributed by atoms with Crippen molar-refractivity contribution in [1.82, 2.24) is 10.3 Å². The van der Waals surface area contributed by atoms with Crippen molar-refractivity contribution in [2.24, 2.45) is 0 Å². The molecule has 1 atom stereocenters. The van der Waals surface area contributed by atoms with Crippen LogP contribution < -0.4 is 14.8 Å².